The predicted molar refractivity (Wildman–Crippen MR) is 91.2 cm³/mol. The topological polar surface area (TPSA) is 39.7 Å². The maximum absolute atomic E-state index is 5.85. The fourth-order valence-corrected chi connectivity index (χ4v) is 3.33. The molecule has 0 aromatic heterocycles. The van der Waals surface area contributed by atoms with Gasteiger partial charge in [0.1, 0.15) is 5.75 Å². The van der Waals surface area contributed by atoms with Crippen LogP contribution >= 0.6 is 0 Å². The summed E-state index contributed by atoms with van der Waals surface area (Å²) in [5.41, 5.74) is 1.45. The molecule has 1 aromatic rings. The fraction of sp³-hybridized carbons (Fsp3) is 0.684. The lowest BCUT2D eigenvalue weighted by Gasteiger charge is -2.23. The minimum absolute atomic E-state index is 0.382. The third kappa shape index (κ3) is 5.48. The van der Waals surface area contributed by atoms with Crippen LogP contribution in [0.5, 0.6) is 5.75 Å². The Hall–Kier alpha value is -1.10. The molecule has 1 aromatic carbocycles. The molecule has 1 N–H and O–H groups in total. The normalized spacial score (nSPS) is 20.5. The van der Waals surface area contributed by atoms with Gasteiger partial charge >= 0.3 is 0 Å². The van der Waals surface area contributed by atoms with Crippen LogP contribution in [0.2, 0.25) is 0 Å². The van der Waals surface area contributed by atoms with E-state index in [0.717, 1.165) is 64.5 Å². The summed E-state index contributed by atoms with van der Waals surface area (Å²) in [6.07, 6.45) is 5.85. The second kappa shape index (κ2) is 9.26. The highest BCUT2D eigenvalue weighted by molar-refractivity contribution is 5.29. The molecule has 0 aliphatic carbocycles. The summed E-state index contributed by atoms with van der Waals surface area (Å²) in [6, 6.07) is 8.67. The van der Waals surface area contributed by atoms with E-state index in [-0.39, 0.29) is 0 Å². The molecule has 2 aliphatic rings. The van der Waals surface area contributed by atoms with Crippen LogP contribution in [0.25, 0.3) is 0 Å². The van der Waals surface area contributed by atoms with Gasteiger partial charge in [-0.3, -0.25) is 0 Å². The fourth-order valence-electron chi connectivity index (χ4n) is 3.33. The summed E-state index contributed by atoms with van der Waals surface area (Å²) < 4.78 is 17.0. The van der Waals surface area contributed by atoms with E-state index in [1.807, 2.05) is 0 Å². The monoisotopic (exact) mass is 319 g/mol. The maximum Gasteiger partial charge on any atom is 0.119 e. The van der Waals surface area contributed by atoms with Crippen molar-refractivity contribution in [1.29, 1.82) is 0 Å². The zero-order chi connectivity index (χ0) is 15.7. The van der Waals surface area contributed by atoms with E-state index >= 15 is 0 Å². The first-order valence-electron chi connectivity index (χ1n) is 9.04. The third-order valence-electron chi connectivity index (χ3n) is 4.77. The SMILES string of the molecule is c1cc(C2CCNCC2)ccc1OCCCOC1CCOCC1. The van der Waals surface area contributed by atoms with Crippen molar-refractivity contribution in [2.75, 3.05) is 39.5 Å². The molecule has 3 rings (SSSR count). The van der Waals surface area contributed by atoms with Crippen LogP contribution in [0.1, 0.15) is 43.6 Å². The van der Waals surface area contributed by atoms with E-state index in [1.165, 1.54) is 18.4 Å². The minimum atomic E-state index is 0.382. The van der Waals surface area contributed by atoms with E-state index in [4.69, 9.17) is 14.2 Å². The molecule has 2 heterocycles. The zero-order valence-corrected chi connectivity index (χ0v) is 14.0. The second-order valence-electron chi connectivity index (χ2n) is 6.48. The Morgan fingerprint density at radius 2 is 1.70 bits per heavy atom. The number of nitrogens with one attached hydrogen (secondary N) is 1. The number of ether oxygens (including phenoxy) is 3. The molecule has 2 saturated heterocycles. The van der Waals surface area contributed by atoms with E-state index in [1.54, 1.807) is 0 Å². The Kier molecular flexibility index (Phi) is 6.74. The van der Waals surface area contributed by atoms with Crippen molar-refractivity contribution >= 4 is 0 Å². The molecule has 0 bridgehead atoms. The molecule has 2 aliphatic heterocycles. The minimum Gasteiger partial charge on any atom is -0.494 e. The lowest BCUT2D eigenvalue weighted by atomic mass is 9.90. The van der Waals surface area contributed by atoms with Crippen molar-refractivity contribution in [3.63, 3.8) is 0 Å². The van der Waals surface area contributed by atoms with Gasteiger partial charge in [0, 0.05) is 19.6 Å². The zero-order valence-electron chi connectivity index (χ0n) is 14.0. The van der Waals surface area contributed by atoms with Gasteiger partial charge in [-0.1, -0.05) is 12.1 Å². The van der Waals surface area contributed by atoms with Gasteiger partial charge in [-0.25, -0.2) is 0 Å². The lowest BCUT2D eigenvalue weighted by Crippen LogP contribution is -2.26. The summed E-state index contributed by atoms with van der Waals surface area (Å²) in [4.78, 5) is 0. The summed E-state index contributed by atoms with van der Waals surface area (Å²) in [6.45, 7) is 5.44. The molecule has 23 heavy (non-hydrogen) atoms. The Morgan fingerprint density at radius 3 is 2.43 bits per heavy atom. The maximum atomic E-state index is 5.85. The van der Waals surface area contributed by atoms with Gasteiger partial charge in [0.15, 0.2) is 0 Å². The average Bonchev–Trinajstić information content (AvgIpc) is 2.64. The molecule has 4 heteroatoms. The predicted octanol–water partition coefficient (Wildman–Crippen LogP) is 3.12. The van der Waals surface area contributed by atoms with Crippen molar-refractivity contribution in [3.8, 4) is 5.75 Å². The van der Waals surface area contributed by atoms with Crippen LogP contribution in [0.4, 0.5) is 0 Å². The molecular formula is C19H29NO3. The van der Waals surface area contributed by atoms with Crippen LogP contribution in [0.3, 0.4) is 0 Å². The Balaban J connectivity index is 1.32. The Bertz CT molecular complexity index is 436. The standard InChI is InChI=1S/C19H29NO3/c1(13-23-19-8-14-21-15-9-19)12-22-18-4-2-16(3-5-18)17-6-10-20-11-7-17/h2-5,17,19-20H,1,6-15H2. The van der Waals surface area contributed by atoms with Gasteiger partial charge < -0.3 is 19.5 Å². The number of benzene rings is 1. The highest BCUT2D eigenvalue weighted by Gasteiger charge is 2.15. The van der Waals surface area contributed by atoms with E-state index in [0.29, 0.717) is 12.0 Å². The largest absolute Gasteiger partial charge is 0.494 e. The van der Waals surface area contributed by atoms with Crippen molar-refractivity contribution in [1.82, 2.24) is 5.32 Å². The van der Waals surface area contributed by atoms with Gasteiger partial charge in [-0.05, 0) is 62.4 Å². The van der Waals surface area contributed by atoms with Crippen molar-refractivity contribution in [2.24, 2.45) is 0 Å². The molecule has 0 atom stereocenters. The van der Waals surface area contributed by atoms with Crippen molar-refractivity contribution < 1.29 is 14.2 Å². The van der Waals surface area contributed by atoms with Gasteiger partial charge in [-0.2, -0.15) is 0 Å². The van der Waals surface area contributed by atoms with Crippen LogP contribution < -0.4 is 10.1 Å². The number of hydrogen-bond donors (Lipinski definition) is 1. The summed E-state index contributed by atoms with van der Waals surface area (Å²) >= 11 is 0. The highest BCUT2D eigenvalue weighted by Crippen LogP contribution is 2.26. The van der Waals surface area contributed by atoms with Gasteiger partial charge in [0.25, 0.3) is 0 Å². The molecule has 0 saturated carbocycles. The lowest BCUT2D eigenvalue weighted by molar-refractivity contribution is -0.0341. The average molecular weight is 319 g/mol. The molecular weight excluding hydrogens is 290 g/mol. The molecule has 0 unspecified atom stereocenters. The van der Waals surface area contributed by atoms with Crippen LogP contribution in [0, 0.1) is 0 Å². The molecule has 2 fully saturated rings. The molecule has 0 amide bonds. The Morgan fingerprint density at radius 1 is 0.957 bits per heavy atom. The van der Waals surface area contributed by atoms with Crippen LogP contribution in [-0.4, -0.2) is 45.6 Å². The smallest absolute Gasteiger partial charge is 0.119 e. The van der Waals surface area contributed by atoms with Crippen molar-refractivity contribution in [2.45, 2.75) is 44.1 Å². The number of hydrogen-bond acceptors (Lipinski definition) is 4. The molecule has 128 valence electrons. The van der Waals surface area contributed by atoms with Crippen molar-refractivity contribution in [3.05, 3.63) is 29.8 Å². The van der Waals surface area contributed by atoms with Gasteiger partial charge in [0.05, 0.1) is 19.3 Å². The quantitative estimate of drug-likeness (QED) is 0.784. The summed E-state index contributed by atoms with van der Waals surface area (Å²) in [5.74, 6) is 1.67. The number of rotatable bonds is 7. The first-order valence-corrected chi connectivity index (χ1v) is 9.04. The van der Waals surface area contributed by atoms with Crippen LogP contribution in [0.15, 0.2) is 24.3 Å². The number of piperidine rings is 1. The van der Waals surface area contributed by atoms with E-state index < -0.39 is 0 Å². The third-order valence-corrected chi connectivity index (χ3v) is 4.77. The van der Waals surface area contributed by atoms with Gasteiger partial charge in [0.2, 0.25) is 0 Å². The van der Waals surface area contributed by atoms with E-state index in [9.17, 15) is 0 Å². The van der Waals surface area contributed by atoms with Gasteiger partial charge in [-0.15, -0.1) is 0 Å². The molecule has 0 radical (unpaired) electrons. The Labute approximate surface area is 139 Å². The first kappa shape index (κ1) is 16.7. The van der Waals surface area contributed by atoms with E-state index in [2.05, 4.69) is 29.6 Å². The second-order valence-corrected chi connectivity index (χ2v) is 6.48. The summed E-state index contributed by atoms with van der Waals surface area (Å²) in [5, 5.41) is 3.42. The first-order chi connectivity index (χ1) is 11.4. The summed E-state index contributed by atoms with van der Waals surface area (Å²) in [7, 11) is 0. The highest BCUT2D eigenvalue weighted by atomic mass is 16.5. The van der Waals surface area contributed by atoms with Crippen LogP contribution in [-0.2, 0) is 9.47 Å². The molecule has 0 spiro atoms. The molecule has 4 nitrogen and oxygen atoms in total.